The number of aromatic nitrogens is 3. The van der Waals surface area contributed by atoms with E-state index in [0.717, 1.165) is 11.0 Å². The van der Waals surface area contributed by atoms with Crippen molar-refractivity contribution >= 4 is 33.6 Å². The van der Waals surface area contributed by atoms with Crippen LogP contribution in [0.5, 0.6) is 0 Å². The Morgan fingerprint density at radius 1 is 1.57 bits per heavy atom. The Labute approximate surface area is 94.5 Å². The molecule has 0 aliphatic carbocycles. The van der Waals surface area contributed by atoms with Crippen LogP contribution in [-0.2, 0) is 0 Å². The average molecular weight is 303 g/mol. The van der Waals surface area contributed by atoms with E-state index in [2.05, 4.69) is 10.1 Å². The standard InChI is InChI=1S/C9H10IN3O/c1-5(2)13-8-6(4-11-13)3-7(10)9(14)12-8/h3-5H,1-2H3,(H,12,14). The van der Waals surface area contributed by atoms with E-state index in [-0.39, 0.29) is 11.6 Å². The van der Waals surface area contributed by atoms with Crippen LogP contribution in [0.15, 0.2) is 17.1 Å². The minimum atomic E-state index is -0.0551. The second-order valence-electron chi connectivity index (χ2n) is 3.43. The Hall–Kier alpha value is -0.850. The third-order valence-electron chi connectivity index (χ3n) is 2.04. The topological polar surface area (TPSA) is 50.7 Å². The summed E-state index contributed by atoms with van der Waals surface area (Å²) >= 11 is 2.02. The molecule has 74 valence electrons. The van der Waals surface area contributed by atoms with E-state index in [0.29, 0.717) is 3.57 Å². The first-order valence-electron chi connectivity index (χ1n) is 4.35. The van der Waals surface area contributed by atoms with Crippen LogP contribution >= 0.6 is 22.6 Å². The van der Waals surface area contributed by atoms with Crippen LogP contribution in [-0.4, -0.2) is 14.8 Å². The molecule has 5 heteroatoms. The van der Waals surface area contributed by atoms with Gasteiger partial charge in [-0.25, -0.2) is 4.68 Å². The molecule has 1 N–H and O–H groups in total. The Balaban J connectivity index is 2.80. The minimum absolute atomic E-state index is 0.0551. The molecule has 0 radical (unpaired) electrons. The van der Waals surface area contributed by atoms with Crippen molar-refractivity contribution in [1.82, 2.24) is 14.8 Å². The van der Waals surface area contributed by atoms with Crippen molar-refractivity contribution in [3.05, 3.63) is 26.2 Å². The van der Waals surface area contributed by atoms with Crippen molar-refractivity contribution < 1.29 is 0 Å². The maximum absolute atomic E-state index is 11.4. The number of H-pyrrole nitrogens is 1. The lowest BCUT2D eigenvalue weighted by Gasteiger charge is -2.05. The second kappa shape index (κ2) is 3.38. The van der Waals surface area contributed by atoms with Crippen LogP contribution in [0.2, 0.25) is 0 Å². The second-order valence-corrected chi connectivity index (χ2v) is 4.60. The smallest absolute Gasteiger partial charge is 0.263 e. The summed E-state index contributed by atoms with van der Waals surface area (Å²) in [5.41, 5.74) is 0.742. The molecule has 0 fully saturated rings. The van der Waals surface area contributed by atoms with Gasteiger partial charge < -0.3 is 4.98 Å². The fraction of sp³-hybridized carbons (Fsp3) is 0.333. The van der Waals surface area contributed by atoms with Crippen LogP contribution in [0.25, 0.3) is 11.0 Å². The van der Waals surface area contributed by atoms with Crippen molar-refractivity contribution in [2.45, 2.75) is 19.9 Å². The van der Waals surface area contributed by atoms with Gasteiger partial charge in [0.15, 0.2) is 0 Å². The molecule has 0 spiro atoms. The summed E-state index contributed by atoms with van der Waals surface area (Å²) in [5.74, 6) is 0. The zero-order valence-corrected chi connectivity index (χ0v) is 10.1. The fourth-order valence-corrected chi connectivity index (χ4v) is 1.84. The lowest BCUT2D eigenvalue weighted by molar-refractivity contribution is 0.546. The Kier molecular flexibility index (Phi) is 2.34. The van der Waals surface area contributed by atoms with Gasteiger partial charge in [0.1, 0.15) is 5.65 Å². The molecule has 0 saturated carbocycles. The Bertz CT molecular complexity index is 526. The maximum atomic E-state index is 11.4. The number of hydrogen-bond donors (Lipinski definition) is 1. The zero-order chi connectivity index (χ0) is 10.3. The number of hydrogen-bond acceptors (Lipinski definition) is 2. The molecule has 0 saturated heterocycles. The molecule has 0 bridgehead atoms. The van der Waals surface area contributed by atoms with Crippen LogP contribution in [0.1, 0.15) is 19.9 Å². The van der Waals surface area contributed by atoms with Crippen molar-refractivity contribution in [3.63, 3.8) is 0 Å². The third-order valence-corrected chi connectivity index (χ3v) is 2.85. The van der Waals surface area contributed by atoms with Gasteiger partial charge in [-0.15, -0.1) is 0 Å². The molecule has 0 unspecified atom stereocenters. The van der Waals surface area contributed by atoms with Gasteiger partial charge in [-0.3, -0.25) is 4.79 Å². The van der Waals surface area contributed by atoms with Gasteiger partial charge in [0.25, 0.3) is 5.56 Å². The van der Waals surface area contributed by atoms with Crippen molar-refractivity contribution in [3.8, 4) is 0 Å². The Morgan fingerprint density at radius 2 is 2.29 bits per heavy atom. The molecule has 2 heterocycles. The fourth-order valence-electron chi connectivity index (χ4n) is 1.37. The molecule has 0 aliphatic rings. The highest BCUT2D eigenvalue weighted by Crippen LogP contribution is 2.15. The largest absolute Gasteiger partial charge is 0.306 e. The number of halogens is 1. The van der Waals surface area contributed by atoms with E-state index in [1.54, 1.807) is 6.20 Å². The van der Waals surface area contributed by atoms with Crippen molar-refractivity contribution in [1.29, 1.82) is 0 Å². The highest BCUT2D eigenvalue weighted by molar-refractivity contribution is 14.1. The summed E-state index contributed by atoms with van der Waals surface area (Å²) in [7, 11) is 0. The molecule has 14 heavy (non-hydrogen) atoms. The number of fused-ring (bicyclic) bond motifs is 1. The first-order chi connectivity index (χ1) is 6.59. The predicted octanol–water partition coefficient (Wildman–Crippen LogP) is 1.91. The van der Waals surface area contributed by atoms with E-state index in [1.165, 1.54) is 0 Å². The maximum Gasteiger partial charge on any atom is 0.263 e. The molecule has 2 rings (SSSR count). The summed E-state index contributed by atoms with van der Waals surface area (Å²) in [5, 5.41) is 5.19. The molecule has 0 amide bonds. The quantitative estimate of drug-likeness (QED) is 0.818. The monoisotopic (exact) mass is 303 g/mol. The van der Waals surface area contributed by atoms with E-state index in [4.69, 9.17) is 0 Å². The van der Waals surface area contributed by atoms with Gasteiger partial charge in [-0.05, 0) is 42.5 Å². The molecule has 0 aromatic carbocycles. The first kappa shape index (κ1) is 9.70. The summed E-state index contributed by atoms with van der Waals surface area (Å²) in [6.45, 7) is 4.06. The molecule has 0 atom stereocenters. The van der Waals surface area contributed by atoms with Crippen LogP contribution in [0.3, 0.4) is 0 Å². The minimum Gasteiger partial charge on any atom is -0.306 e. The molecular formula is C9H10IN3O. The molecule has 2 aromatic heterocycles. The van der Waals surface area contributed by atoms with Gasteiger partial charge in [0.2, 0.25) is 0 Å². The van der Waals surface area contributed by atoms with Gasteiger partial charge in [0, 0.05) is 11.4 Å². The molecule has 2 aromatic rings. The average Bonchev–Trinajstić information content (AvgIpc) is 2.48. The zero-order valence-electron chi connectivity index (χ0n) is 7.91. The van der Waals surface area contributed by atoms with E-state index >= 15 is 0 Å². The highest BCUT2D eigenvalue weighted by atomic mass is 127. The lowest BCUT2D eigenvalue weighted by atomic mass is 10.3. The van der Waals surface area contributed by atoms with E-state index in [1.807, 2.05) is 47.2 Å². The summed E-state index contributed by atoms with van der Waals surface area (Å²) < 4.78 is 2.51. The normalized spacial score (nSPS) is 11.4. The van der Waals surface area contributed by atoms with Gasteiger partial charge in [0.05, 0.1) is 9.77 Å². The van der Waals surface area contributed by atoms with Crippen molar-refractivity contribution in [2.24, 2.45) is 0 Å². The summed E-state index contributed by atoms with van der Waals surface area (Å²) in [6.07, 6.45) is 1.77. The molecule has 4 nitrogen and oxygen atoms in total. The molecule has 0 aliphatic heterocycles. The van der Waals surface area contributed by atoms with Crippen LogP contribution in [0.4, 0.5) is 0 Å². The van der Waals surface area contributed by atoms with Crippen LogP contribution < -0.4 is 5.56 Å². The Morgan fingerprint density at radius 3 is 2.93 bits per heavy atom. The van der Waals surface area contributed by atoms with E-state index < -0.39 is 0 Å². The van der Waals surface area contributed by atoms with Gasteiger partial charge >= 0.3 is 0 Å². The number of nitrogens with one attached hydrogen (secondary N) is 1. The lowest BCUT2D eigenvalue weighted by Crippen LogP contribution is -2.12. The van der Waals surface area contributed by atoms with Crippen molar-refractivity contribution in [2.75, 3.05) is 0 Å². The number of pyridine rings is 1. The number of rotatable bonds is 1. The van der Waals surface area contributed by atoms with Gasteiger partial charge in [-0.1, -0.05) is 0 Å². The molecular weight excluding hydrogens is 293 g/mol. The van der Waals surface area contributed by atoms with E-state index in [9.17, 15) is 4.79 Å². The number of aromatic amines is 1. The van der Waals surface area contributed by atoms with Gasteiger partial charge in [-0.2, -0.15) is 5.10 Å². The SMILES string of the molecule is CC(C)n1ncc2cc(I)c(=O)[nH]c21. The van der Waals surface area contributed by atoms with Crippen LogP contribution in [0, 0.1) is 3.57 Å². The number of nitrogens with zero attached hydrogens (tertiary/aromatic N) is 2. The third kappa shape index (κ3) is 1.45. The predicted molar refractivity (Wildman–Crippen MR) is 63.5 cm³/mol. The highest BCUT2D eigenvalue weighted by Gasteiger charge is 2.07. The first-order valence-corrected chi connectivity index (χ1v) is 5.43. The summed E-state index contributed by atoms with van der Waals surface area (Å²) in [6, 6.07) is 2.10. The summed E-state index contributed by atoms with van der Waals surface area (Å²) in [4.78, 5) is 14.2.